The minimum Gasteiger partial charge on any atom is -0.372 e. The molecule has 0 aliphatic carbocycles. The fourth-order valence-corrected chi connectivity index (χ4v) is 2.86. The van der Waals surface area contributed by atoms with E-state index in [1.807, 2.05) is 40.9 Å². The van der Waals surface area contributed by atoms with E-state index < -0.39 is 0 Å². The highest BCUT2D eigenvalue weighted by Crippen LogP contribution is 2.31. The van der Waals surface area contributed by atoms with Crippen LogP contribution >= 0.6 is 11.8 Å². The summed E-state index contributed by atoms with van der Waals surface area (Å²) in [4.78, 5) is 17.9. The second-order valence-electron chi connectivity index (χ2n) is 6.15. The third kappa shape index (κ3) is 4.46. The highest BCUT2D eigenvalue weighted by Gasteiger charge is 2.29. The van der Waals surface area contributed by atoms with Crippen molar-refractivity contribution < 1.29 is 9.47 Å². The van der Waals surface area contributed by atoms with Crippen LogP contribution in [0.3, 0.4) is 0 Å². The molecular weight excluding hydrogens is 290 g/mol. The van der Waals surface area contributed by atoms with Gasteiger partial charge in [0, 0.05) is 26.0 Å². The summed E-state index contributed by atoms with van der Waals surface area (Å²) >= 11 is 1.66. The zero-order valence-electron chi connectivity index (χ0n) is 13.2. The van der Waals surface area contributed by atoms with Crippen LogP contribution in [0, 0.1) is 0 Å². The van der Waals surface area contributed by atoms with Gasteiger partial charge in [0.25, 0.3) is 0 Å². The number of thioether (sulfide) groups is 1. The lowest BCUT2D eigenvalue weighted by atomic mass is 10.2. The average Bonchev–Trinajstić information content (AvgIpc) is 2.84. The lowest BCUT2D eigenvalue weighted by Gasteiger charge is -2.22. The van der Waals surface area contributed by atoms with Gasteiger partial charge in [-0.05, 0) is 26.8 Å². The van der Waals surface area contributed by atoms with Crippen LogP contribution in [0.1, 0.15) is 27.0 Å². The molecule has 2 rings (SSSR count). The van der Waals surface area contributed by atoms with Gasteiger partial charge in [-0.3, -0.25) is 4.57 Å². The first kappa shape index (κ1) is 16.3. The normalized spacial score (nSPS) is 22.5. The van der Waals surface area contributed by atoms with E-state index in [-0.39, 0.29) is 23.0 Å². The van der Waals surface area contributed by atoms with Crippen molar-refractivity contribution in [3.05, 3.63) is 22.7 Å². The Bertz CT molecular complexity index is 539. The fourth-order valence-electron chi connectivity index (χ4n) is 1.87. The Kier molecular flexibility index (Phi) is 4.95. The predicted molar refractivity (Wildman–Crippen MR) is 84.9 cm³/mol. The lowest BCUT2D eigenvalue weighted by Crippen LogP contribution is -2.30. The molecule has 21 heavy (non-hydrogen) atoms. The molecule has 0 spiro atoms. The Labute approximate surface area is 129 Å². The molecule has 0 aromatic carbocycles. The number of hydrogen-bond donors (Lipinski definition) is 0. The van der Waals surface area contributed by atoms with Crippen LogP contribution in [-0.4, -0.2) is 47.0 Å². The van der Waals surface area contributed by atoms with Crippen LogP contribution in [0.15, 0.2) is 17.1 Å². The van der Waals surface area contributed by atoms with Crippen LogP contribution in [0.25, 0.3) is 0 Å². The summed E-state index contributed by atoms with van der Waals surface area (Å²) in [7, 11) is 3.71. The fraction of sp³-hybridized carbons (Fsp3) is 0.714. The summed E-state index contributed by atoms with van der Waals surface area (Å²) in [5, 5.41) is 0. The van der Waals surface area contributed by atoms with Crippen LogP contribution in [0.2, 0.25) is 0 Å². The van der Waals surface area contributed by atoms with Crippen molar-refractivity contribution in [3.63, 3.8) is 0 Å². The van der Waals surface area contributed by atoms with Crippen LogP contribution in [-0.2, 0) is 9.47 Å². The summed E-state index contributed by atoms with van der Waals surface area (Å²) in [6, 6.07) is 1.81. The van der Waals surface area contributed by atoms with Gasteiger partial charge in [-0.25, -0.2) is 4.79 Å². The Balaban J connectivity index is 2.00. The molecule has 1 aliphatic rings. The van der Waals surface area contributed by atoms with Gasteiger partial charge < -0.3 is 14.4 Å². The number of ether oxygens (including phenoxy) is 2. The van der Waals surface area contributed by atoms with Crippen molar-refractivity contribution in [2.75, 3.05) is 31.4 Å². The van der Waals surface area contributed by atoms with E-state index in [9.17, 15) is 4.79 Å². The van der Waals surface area contributed by atoms with Gasteiger partial charge >= 0.3 is 5.69 Å². The van der Waals surface area contributed by atoms with Crippen molar-refractivity contribution in [3.8, 4) is 0 Å². The molecule has 0 radical (unpaired) electrons. The van der Waals surface area contributed by atoms with E-state index in [1.165, 1.54) is 4.57 Å². The molecule has 0 unspecified atom stereocenters. The standard InChI is InChI=1S/C14H23N3O3S/c1-14(2,3)19-8-12-20-11(9-21-12)17-7-6-10(16(4)5)15-13(17)18/h6-7,11-12H,8-9H2,1-5H3/t11-,12+/m1/s1. The first-order valence-corrected chi connectivity index (χ1v) is 7.99. The number of anilines is 1. The molecule has 1 fully saturated rings. The van der Waals surface area contributed by atoms with Crippen molar-refractivity contribution >= 4 is 17.6 Å². The van der Waals surface area contributed by atoms with Gasteiger partial charge in [0.15, 0.2) is 0 Å². The summed E-state index contributed by atoms with van der Waals surface area (Å²) in [5.41, 5.74) is -0.521. The summed E-state index contributed by atoms with van der Waals surface area (Å²) < 4.78 is 13.1. The maximum atomic E-state index is 12.1. The number of hydrogen-bond acceptors (Lipinski definition) is 6. The monoisotopic (exact) mass is 313 g/mol. The molecule has 1 saturated heterocycles. The second kappa shape index (κ2) is 6.37. The first-order chi connectivity index (χ1) is 9.76. The third-order valence-corrected chi connectivity index (χ3v) is 4.07. The van der Waals surface area contributed by atoms with Crippen molar-refractivity contribution in [1.29, 1.82) is 0 Å². The Morgan fingerprint density at radius 3 is 2.81 bits per heavy atom. The Morgan fingerprint density at radius 1 is 1.52 bits per heavy atom. The first-order valence-electron chi connectivity index (χ1n) is 6.94. The molecule has 118 valence electrons. The molecule has 7 heteroatoms. The quantitative estimate of drug-likeness (QED) is 0.843. The Hall–Kier alpha value is -1.05. The van der Waals surface area contributed by atoms with Gasteiger partial charge in [-0.15, -0.1) is 11.8 Å². The molecule has 1 aliphatic heterocycles. The Morgan fingerprint density at radius 2 is 2.24 bits per heavy atom. The van der Waals surface area contributed by atoms with Crippen molar-refractivity contribution in [1.82, 2.24) is 9.55 Å². The topological polar surface area (TPSA) is 56.6 Å². The molecule has 2 atom stereocenters. The average molecular weight is 313 g/mol. The largest absolute Gasteiger partial charge is 0.372 e. The zero-order chi connectivity index (χ0) is 15.6. The van der Waals surface area contributed by atoms with E-state index >= 15 is 0 Å². The molecule has 0 amide bonds. The lowest BCUT2D eigenvalue weighted by molar-refractivity contribution is -0.0684. The maximum absolute atomic E-state index is 12.1. The molecular formula is C14H23N3O3S. The summed E-state index contributed by atoms with van der Waals surface area (Å²) in [5.74, 6) is 1.37. The van der Waals surface area contributed by atoms with E-state index in [2.05, 4.69) is 4.98 Å². The van der Waals surface area contributed by atoms with Crippen LogP contribution < -0.4 is 10.6 Å². The third-order valence-electron chi connectivity index (χ3n) is 2.97. The highest BCUT2D eigenvalue weighted by atomic mass is 32.2. The van der Waals surface area contributed by atoms with E-state index in [4.69, 9.17) is 9.47 Å². The molecule has 6 nitrogen and oxygen atoms in total. The highest BCUT2D eigenvalue weighted by molar-refractivity contribution is 8.00. The van der Waals surface area contributed by atoms with E-state index in [1.54, 1.807) is 22.9 Å². The zero-order valence-corrected chi connectivity index (χ0v) is 14.0. The van der Waals surface area contributed by atoms with Crippen molar-refractivity contribution in [2.45, 2.75) is 38.0 Å². The van der Waals surface area contributed by atoms with E-state index in [0.29, 0.717) is 12.4 Å². The summed E-state index contributed by atoms with van der Waals surface area (Å²) in [6.07, 6.45) is 1.46. The van der Waals surface area contributed by atoms with Gasteiger partial charge in [0.05, 0.1) is 12.2 Å². The van der Waals surface area contributed by atoms with E-state index in [0.717, 1.165) is 5.75 Å². The maximum Gasteiger partial charge on any atom is 0.351 e. The number of rotatable bonds is 4. The predicted octanol–water partition coefficient (Wildman–Crippen LogP) is 1.71. The molecule has 1 aromatic rings. The van der Waals surface area contributed by atoms with Gasteiger partial charge in [0.1, 0.15) is 17.5 Å². The molecule has 0 bridgehead atoms. The molecule has 0 saturated carbocycles. The van der Waals surface area contributed by atoms with Gasteiger partial charge in [-0.2, -0.15) is 4.98 Å². The minimum atomic E-state index is -0.288. The minimum absolute atomic E-state index is 0.0466. The van der Waals surface area contributed by atoms with Gasteiger partial charge in [0.2, 0.25) is 0 Å². The second-order valence-corrected chi connectivity index (χ2v) is 7.34. The SMILES string of the molecule is CN(C)c1ccn([C@H]2CS[C@@H](COC(C)(C)C)O2)c(=O)n1. The molecule has 0 N–H and O–H groups in total. The molecule has 1 aromatic heterocycles. The number of nitrogens with zero attached hydrogens (tertiary/aromatic N) is 3. The summed E-state index contributed by atoms with van der Waals surface area (Å²) in [6.45, 7) is 6.55. The number of aromatic nitrogens is 2. The smallest absolute Gasteiger partial charge is 0.351 e. The van der Waals surface area contributed by atoms with Crippen LogP contribution in [0.4, 0.5) is 5.82 Å². The van der Waals surface area contributed by atoms with Crippen molar-refractivity contribution in [2.24, 2.45) is 0 Å². The molecule has 2 heterocycles. The van der Waals surface area contributed by atoms with Crippen LogP contribution in [0.5, 0.6) is 0 Å². The van der Waals surface area contributed by atoms with Gasteiger partial charge in [-0.1, -0.05) is 0 Å².